The van der Waals surface area contributed by atoms with Crippen LogP contribution >= 0.6 is 15.9 Å². The predicted molar refractivity (Wildman–Crippen MR) is 93.1 cm³/mol. The van der Waals surface area contributed by atoms with Crippen molar-refractivity contribution in [2.24, 2.45) is 5.73 Å². The highest BCUT2D eigenvalue weighted by molar-refractivity contribution is 9.10. The molecule has 4 N–H and O–H groups in total. The molecule has 0 fully saturated rings. The van der Waals surface area contributed by atoms with Crippen LogP contribution in [0, 0.1) is 0 Å². The van der Waals surface area contributed by atoms with Crippen molar-refractivity contribution in [1.82, 2.24) is 20.6 Å². The lowest BCUT2D eigenvalue weighted by atomic mass is 9.92. The quantitative estimate of drug-likeness (QED) is 0.635. The van der Waals surface area contributed by atoms with E-state index in [2.05, 4.69) is 36.5 Å². The third-order valence-corrected chi connectivity index (χ3v) is 3.94. The number of aromatic nitrogens is 2. The van der Waals surface area contributed by atoms with Gasteiger partial charge in [0.2, 0.25) is 5.91 Å². The SMILES string of the molecule is CC(N)(C(=O)NCCNC(=O)c1cnccn1)c1ccc(Br)cc1. The van der Waals surface area contributed by atoms with Gasteiger partial charge in [0, 0.05) is 30.0 Å². The van der Waals surface area contributed by atoms with Gasteiger partial charge in [0.15, 0.2) is 0 Å². The van der Waals surface area contributed by atoms with E-state index in [1.807, 2.05) is 12.1 Å². The average Bonchev–Trinajstić information content (AvgIpc) is 2.59. The summed E-state index contributed by atoms with van der Waals surface area (Å²) in [4.78, 5) is 31.8. The molecule has 8 heteroatoms. The Morgan fingerprint density at radius 1 is 1.17 bits per heavy atom. The number of carbonyl (C=O) groups excluding carboxylic acids is 2. The first-order chi connectivity index (χ1) is 11.4. The van der Waals surface area contributed by atoms with Crippen molar-refractivity contribution in [3.63, 3.8) is 0 Å². The molecule has 1 aromatic heterocycles. The van der Waals surface area contributed by atoms with Crippen molar-refractivity contribution in [1.29, 1.82) is 0 Å². The third kappa shape index (κ3) is 4.59. The molecule has 126 valence electrons. The van der Waals surface area contributed by atoms with E-state index in [9.17, 15) is 9.59 Å². The summed E-state index contributed by atoms with van der Waals surface area (Å²) in [5.74, 6) is -0.667. The lowest BCUT2D eigenvalue weighted by Crippen LogP contribution is -2.50. The van der Waals surface area contributed by atoms with Crippen LogP contribution in [0.1, 0.15) is 23.0 Å². The molecule has 0 saturated heterocycles. The zero-order valence-electron chi connectivity index (χ0n) is 13.1. The van der Waals surface area contributed by atoms with E-state index in [0.717, 1.165) is 4.47 Å². The molecule has 2 amide bonds. The minimum atomic E-state index is -1.16. The number of carbonyl (C=O) groups is 2. The van der Waals surface area contributed by atoms with Crippen LogP contribution in [0.4, 0.5) is 0 Å². The zero-order chi connectivity index (χ0) is 17.6. The predicted octanol–water partition coefficient (Wildman–Crippen LogP) is 0.959. The summed E-state index contributed by atoms with van der Waals surface area (Å²) in [5, 5.41) is 5.37. The maximum atomic E-state index is 12.3. The second-order valence-electron chi connectivity index (χ2n) is 5.31. The van der Waals surface area contributed by atoms with Crippen LogP contribution in [-0.2, 0) is 10.3 Å². The van der Waals surface area contributed by atoms with E-state index >= 15 is 0 Å². The monoisotopic (exact) mass is 391 g/mol. The molecule has 24 heavy (non-hydrogen) atoms. The summed E-state index contributed by atoms with van der Waals surface area (Å²) in [5.41, 5.74) is 5.90. The van der Waals surface area contributed by atoms with Crippen LogP contribution < -0.4 is 16.4 Å². The molecule has 1 unspecified atom stereocenters. The molecule has 0 spiro atoms. The van der Waals surface area contributed by atoms with Gasteiger partial charge in [-0.05, 0) is 24.6 Å². The fourth-order valence-corrected chi connectivity index (χ4v) is 2.23. The van der Waals surface area contributed by atoms with Gasteiger partial charge in [-0.25, -0.2) is 4.98 Å². The van der Waals surface area contributed by atoms with Crippen LogP contribution in [0.5, 0.6) is 0 Å². The Bertz CT molecular complexity index is 704. The molecular formula is C16H18BrN5O2. The maximum Gasteiger partial charge on any atom is 0.271 e. The second kappa shape index (κ2) is 7.98. The smallest absolute Gasteiger partial charge is 0.271 e. The number of hydrogen-bond donors (Lipinski definition) is 3. The molecule has 0 bridgehead atoms. The summed E-state index contributed by atoms with van der Waals surface area (Å²) >= 11 is 3.34. The van der Waals surface area contributed by atoms with E-state index in [-0.39, 0.29) is 30.6 Å². The summed E-state index contributed by atoms with van der Waals surface area (Å²) in [6, 6.07) is 7.24. The van der Waals surface area contributed by atoms with Gasteiger partial charge < -0.3 is 16.4 Å². The molecule has 0 saturated carbocycles. The number of nitrogens with two attached hydrogens (primary N) is 1. The normalized spacial score (nSPS) is 13.0. The van der Waals surface area contributed by atoms with Crippen LogP contribution in [0.25, 0.3) is 0 Å². The van der Waals surface area contributed by atoms with Crippen LogP contribution in [0.3, 0.4) is 0 Å². The summed E-state index contributed by atoms with van der Waals surface area (Å²) in [6.07, 6.45) is 4.30. The average molecular weight is 392 g/mol. The van der Waals surface area contributed by atoms with Crippen LogP contribution in [0.2, 0.25) is 0 Å². The van der Waals surface area contributed by atoms with Gasteiger partial charge in [0.1, 0.15) is 11.2 Å². The zero-order valence-corrected chi connectivity index (χ0v) is 14.7. The van der Waals surface area contributed by atoms with Crippen LogP contribution in [-0.4, -0.2) is 34.9 Å². The van der Waals surface area contributed by atoms with E-state index in [0.29, 0.717) is 5.56 Å². The standard InChI is InChI=1S/C16H18BrN5O2/c1-16(18,11-2-4-12(17)5-3-11)15(24)22-9-8-21-14(23)13-10-19-6-7-20-13/h2-7,10H,8-9,18H2,1H3,(H,21,23)(H,22,24). The lowest BCUT2D eigenvalue weighted by molar-refractivity contribution is -0.126. The number of benzene rings is 1. The highest BCUT2D eigenvalue weighted by Gasteiger charge is 2.30. The number of nitrogens with zero attached hydrogens (tertiary/aromatic N) is 2. The fraction of sp³-hybridized carbons (Fsp3) is 0.250. The third-order valence-electron chi connectivity index (χ3n) is 3.41. The van der Waals surface area contributed by atoms with Gasteiger partial charge in [-0.2, -0.15) is 0 Å². The molecule has 2 rings (SSSR count). The Hall–Kier alpha value is -2.32. The second-order valence-corrected chi connectivity index (χ2v) is 6.23. The summed E-state index contributed by atoms with van der Waals surface area (Å²) in [7, 11) is 0. The Balaban J connectivity index is 1.82. The lowest BCUT2D eigenvalue weighted by Gasteiger charge is -2.24. The van der Waals surface area contributed by atoms with Gasteiger partial charge in [-0.15, -0.1) is 0 Å². The first kappa shape index (κ1) is 18.0. The van der Waals surface area contributed by atoms with Gasteiger partial charge in [-0.1, -0.05) is 28.1 Å². The Morgan fingerprint density at radius 3 is 2.46 bits per heavy atom. The molecular weight excluding hydrogens is 374 g/mol. The van der Waals surface area contributed by atoms with Gasteiger partial charge in [0.25, 0.3) is 5.91 Å². The van der Waals surface area contributed by atoms with E-state index in [1.165, 1.54) is 18.6 Å². The number of halogens is 1. The highest BCUT2D eigenvalue weighted by Crippen LogP contribution is 2.20. The molecule has 7 nitrogen and oxygen atoms in total. The molecule has 0 aliphatic rings. The minimum Gasteiger partial charge on any atom is -0.352 e. The van der Waals surface area contributed by atoms with Crippen molar-refractivity contribution in [2.45, 2.75) is 12.5 Å². The Morgan fingerprint density at radius 2 is 1.83 bits per heavy atom. The van der Waals surface area contributed by atoms with Crippen molar-refractivity contribution < 1.29 is 9.59 Å². The molecule has 1 atom stereocenters. The molecule has 0 aliphatic heterocycles. The number of nitrogens with one attached hydrogen (secondary N) is 2. The molecule has 0 radical (unpaired) electrons. The van der Waals surface area contributed by atoms with Gasteiger partial charge in [-0.3, -0.25) is 14.6 Å². The largest absolute Gasteiger partial charge is 0.352 e. The molecule has 1 heterocycles. The summed E-state index contributed by atoms with van der Waals surface area (Å²) in [6.45, 7) is 2.16. The number of amides is 2. The van der Waals surface area contributed by atoms with Crippen molar-refractivity contribution in [3.8, 4) is 0 Å². The van der Waals surface area contributed by atoms with Gasteiger partial charge in [0.05, 0.1) is 6.20 Å². The topological polar surface area (TPSA) is 110 Å². The first-order valence-electron chi connectivity index (χ1n) is 7.28. The number of hydrogen-bond acceptors (Lipinski definition) is 5. The number of rotatable bonds is 6. The molecule has 0 aliphatic carbocycles. The van der Waals surface area contributed by atoms with E-state index in [1.54, 1.807) is 19.1 Å². The summed E-state index contributed by atoms with van der Waals surface area (Å²) < 4.78 is 0.911. The van der Waals surface area contributed by atoms with Gasteiger partial charge >= 0.3 is 0 Å². The highest BCUT2D eigenvalue weighted by atomic mass is 79.9. The molecule has 1 aromatic carbocycles. The van der Waals surface area contributed by atoms with Crippen molar-refractivity contribution in [3.05, 3.63) is 58.6 Å². The van der Waals surface area contributed by atoms with Crippen molar-refractivity contribution >= 4 is 27.7 Å². The minimum absolute atomic E-state index is 0.224. The maximum absolute atomic E-state index is 12.3. The fourth-order valence-electron chi connectivity index (χ4n) is 1.97. The van der Waals surface area contributed by atoms with E-state index in [4.69, 9.17) is 5.73 Å². The van der Waals surface area contributed by atoms with E-state index < -0.39 is 5.54 Å². The van der Waals surface area contributed by atoms with Crippen molar-refractivity contribution in [2.75, 3.05) is 13.1 Å². The van der Waals surface area contributed by atoms with Crippen LogP contribution in [0.15, 0.2) is 47.3 Å². The molecule has 2 aromatic rings. The Kier molecular flexibility index (Phi) is 5.99. The Labute approximate surface area is 148 Å². The first-order valence-corrected chi connectivity index (χ1v) is 8.08.